The number of aliphatic imine (C=N–C) groups is 1. The first-order valence-corrected chi connectivity index (χ1v) is 8.79. The van der Waals surface area contributed by atoms with Gasteiger partial charge in [-0.25, -0.2) is 0 Å². The van der Waals surface area contributed by atoms with E-state index in [1.54, 1.807) is 4.90 Å². The molecule has 2 saturated heterocycles. The van der Waals surface area contributed by atoms with E-state index < -0.39 is 0 Å². The monoisotopic (exact) mass is 450 g/mol. The van der Waals surface area contributed by atoms with Gasteiger partial charge in [0.1, 0.15) is 0 Å². The minimum atomic E-state index is 0. The van der Waals surface area contributed by atoms with Crippen LogP contribution in [-0.2, 0) is 9.53 Å². The summed E-state index contributed by atoms with van der Waals surface area (Å²) >= 11 is 0. The number of hydrogen-bond donors (Lipinski definition) is 2. The van der Waals surface area contributed by atoms with Crippen molar-refractivity contribution in [1.82, 2.24) is 15.5 Å². The van der Waals surface area contributed by atoms with E-state index in [1.165, 1.54) is 6.42 Å². The molecule has 1 amide bonds. The Morgan fingerprint density at radius 2 is 2.08 bits per heavy atom. The second-order valence-corrected chi connectivity index (χ2v) is 7.77. The van der Waals surface area contributed by atoms with E-state index in [4.69, 9.17) is 4.74 Å². The predicted octanol–water partition coefficient (Wildman–Crippen LogP) is 1.59. The van der Waals surface area contributed by atoms with Gasteiger partial charge in [0.2, 0.25) is 5.91 Å². The highest BCUT2D eigenvalue weighted by Gasteiger charge is 2.58. The largest absolute Gasteiger partial charge is 0.377 e. The Morgan fingerprint density at radius 1 is 1.33 bits per heavy atom. The van der Waals surface area contributed by atoms with Crippen LogP contribution in [0.4, 0.5) is 0 Å². The molecule has 4 unspecified atom stereocenters. The SMILES string of the molecule is CN=C(NC1CCC(=O)N(C)C1)NC1C2CCCOC2C1(C)C.I. The zero-order chi connectivity index (χ0) is 16.6. The van der Waals surface area contributed by atoms with Crippen LogP contribution >= 0.6 is 24.0 Å². The van der Waals surface area contributed by atoms with Gasteiger partial charge in [0, 0.05) is 57.1 Å². The molecule has 2 aliphatic heterocycles. The number of hydrogen-bond acceptors (Lipinski definition) is 3. The van der Waals surface area contributed by atoms with Crippen molar-refractivity contribution in [1.29, 1.82) is 0 Å². The molecule has 0 bridgehead atoms. The van der Waals surface area contributed by atoms with Gasteiger partial charge in [-0.15, -0.1) is 24.0 Å². The van der Waals surface area contributed by atoms with E-state index in [0.29, 0.717) is 24.5 Å². The lowest BCUT2D eigenvalue weighted by Gasteiger charge is -2.60. The first-order chi connectivity index (χ1) is 10.9. The lowest BCUT2D eigenvalue weighted by molar-refractivity contribution is -0.188. The second-order valence-electron chi connectivity index (χ2n) is 7.77. The molecule has 3 aliphatic rings. The average Bonchev–Trinajstić information content (AvgIpc) is 2.54. The fraction of sp³-hybridized carbons (Fsp3) is 0.882. The summed E-state index contributed by atoms with van der Waals surface area (Å²) in [4.78, 5) is 17.8. The van der Waals surface area contributed by atoms with Crippen molar-refractivity contribution >= 4 is 35.8 Å². The van der Waals surface area contributed by atoms with Crippen molar-refractivity contribution in [2.24, 2.45) is 16.3 Å². The smallest absolute Gasteiger partial charge is 0.222 e. The third kappa shape index (κ3) is 3.66. The molecule has 0 aromatic rings. The number of likely N-dealkylation sites (tertiary alicyclic amines) is 1. The molecular weight excluding hydrogens is 419 g/mol. The lowest BCUT2D eigenvalue weighted by Crippen LogP contribution is -2.71. The van der Waals surface area contributed by atoms with Crippen LogP contribution in [0.2, 0.25) is 0 Å². The zero-order valence-electron chi connectivity index (χ0n) is 15.2. The van der Waals surface area contributed by atoms with Crippen LogP contribution in [0, 0.1) is 11.3 Å². The van der Waals surface area contributed by atoms with E-state index in [1.807, 2.05) is 14.1 Å². The van der Waals surface area contributed by atoms with Crippen molar-refractivity contribution in [3.05, 3.63) is 0 Å². The number of likely N-dealkylation sites (N-methyl/N-ethyl adjacent to an activating group) is 1. The standard InChI is InChI=1S/C17H30N4O2.HI/c1-17(2)14(12-6-5-9-23-15(12)17)20-16(18-3)19-11-7-8-13(22)21(4)10-11;/h11-12,14-15H,5-10H2,1-4H3,(H2,18,19,20);1H. The van der Waals surface area contributed by atoms with Gasteiger partial charge >= 0.3 is 0 Å². The Kier molecular flexibility index (Phi) is 6.39. The maximum Gasteiger partial charge on any atom is 0.222 e. The van der Waals surface area contributed by atoms with Crippen LogP contribution in [0.5, 0.6) is 0 Å². The van der Waals surface area contributed by atoms with Crippen molar-refractivity contribution in [3.8, 4) is 0 Å². The van der Waals surface area contributed by atoms with Crippen molar-refractivity contribution in [2.45, 2.75) is 57.7 Å². The summed E-state index contributed by atoms with van der Waals surface area (Å²) in [5.41, 5.74) is 0.127. The fourth-order valence-corrected chi connectivity index (χ4v) is 4.46. The van der Waals surface area contributed by atoms with Crippen LogP contribution < -0.4 is 10.6 Å². The summed E-state index contributed by atoms with van der Waals surface area (Å²) in [6.45, 7) is 6.18. The highest BCUT2D eigenvalue weighted by Crippen LogP contribution is 2.51. The van der Waals surface area contributed by atoms with Crippen molar-refractivity contribution < 1.29 is 9.53 Å². The van der Waals surface area contributed by atoms with Gasteiger partial charge < -0.3 is 20.3 Å². The van der Waals surface area contributed by atoms with Crippen LogP contribution in [0.15, 0.2) is 4.99 Å². The number of piperidine rings is 1. The van der Waals surface area contributed by atoms with Crippen LogP contribution in [-0.4, -0.2) is 62.2 Å². The Morgan fingerprint density at radius 3 is 2.75 bits per heavy atom. The fourth-order valence-electron chi connectivity index (χ4n) is 4.46. The molecule has 3 rings (SSSR count). The number of nitrogens with zero attached hydrogens (tertiary/aromatic N) is 2. The molecule has 0 aromatic heterocycles. The molecule has 0 radical (unpaired) electrons. The van der Waals surface area contributed by atoms with Crippen molar-refractivity contribution in [2.75, 3.05) is 27.2 Å². The quantitative estimate of drug-likeness (QED) is 0.381. The molecule has 2 N–H and O–H groups in total. The molecule has 1 saturated carbocycles. The maximum atomic E-state index is 11.6. The zero-order valence-corrected chi connectivity index (χ0v) is 17.5. The number of nitrogens with one attached hydrogen (secondary N) is 2. The highest BCUT2D eigenvalue weighted by atomic mass is 127. The number of guanidine groups is 1. The topological polar surface area (TPSA) is 66.0 Å². The second kappa shape index (κ2) is 7.76. The Bertz CT molecular complexity index is 497. The number of ether oxygens (including phenoxy) is 1. The van der Waals surface area contributed by atoms with Gasteiger partial charge in [-0.2, -0.15) is 0 Å². The maximum absolute atomic E-state index is 11.6. The van der Waals surface area contributed by atoms with Crippen LogP contribution in [0.25, 0.3) is 0 Å². The van der Waals surface area contributed by atoms with Gasteiger partial charge in [0.05, 0.1) is 6.10 Å². The Hall–Kier alpha value is -0.570. The molecule has 3 fully saturated rings. The highest BCUT2D eigenvalue weighted by molar-refractivity contribution is 14.0. The van der Waals surface area contributed by atoms with Crippen LogP contribution in [0.3, 0.4) is 0 Å². The van der Waals surface area contributed by atoms with Gasteiger partial charge in [-0.3, -0.25) is 9.79 Å². The first-order valence-electron chi connectivity index (χ1n) is 8.79. The molecule has 4 atom stereocenters. The van der Waals surface area contributed by atoms with Gasteiger partial charge in [-0.05, 0) is 19.3 Å². The summed E-state index contributed by atoms with van der Waals surface area (Å²) in [5, 5.41) is 7.11. The number of amides is 1. The van der Waals surface area contributed by atoms with Gasteiger partial charge in [0.25, 0.3) is 0 Å². The van der Waals surface area contributed by atoms with Crippen molar-refractivity contribution in [3.63, 3.8) is 0 Å². The third-order valence-corrected chi connectivity index (χ3v) is 5.81. The van der Waals surface area contributed by atoms with E-state index >= 15 is 0 Å². The average molecular weight is 450 g/mol. The van der Waals surface area contributed by atoms with E-state index in [9.17, 15) is 4.79 Å². The van der Waals surface area contributed by atoms with Gasteiger partial charge in [-0.1, -0.05) is 13.8 Å². The molecular formula is C17H31IN4O2. The summed E-state index contributed by atoms with van der Waals surface area (Å²) in [7, 11) is 3.68. The molecule has 24 heavy (non-hydrogen) atoms. The van der Waals surface area contributed by atoms with E-state index in [0.717, 1.165) is 32.0 Å². The lowest BCUT2D eigenvalue weighted by atomic mass is 9.55. The Labute approximate surface area is 162 Å². The summed E-state index contributed by atoms with van der Waals surface area (Å²) in [6.07, 6.45) is 4.22. The summed E-state index contributed by atoms with van der Waals surface area (Å²) < 4.78 is 5.97. The number of fused-ring (bicyclic) bond motifs is 1. The number of rotatable bonds is 2. The van der Waals surface area contributed by atoms with E-state index in [-0.39, 0.29) is 41.3 Å². The molecule has 0 aromatic carbocycles. The normalized spacial score (nSPS) is 35.4. The number of halogens is 1. The third-order valence-electron chi connectivity index (χ3n) is 5.81. The summed E-state index contributed by atoms with van der Waals surface area (Å²) in [5.74, 6) is 1.65. The number of carbonyl (C=O) groups is 1. The van der Waals surface area contributed by atoms with E-state index in [2.05, 4.69) is 29.5 Å². The Balaban J connectivity index is 0.00000208. The van der Waals surface area contributed by atoms with Crippen LogP contribution in [0.1, 0.15) is 39.5 Å². The molecule has 0 spiro atoms. The molecule has 138 valence electrons. The molecule has 1 aliphatic carbocycles. The molecule has 2 heterocycles. The predicted molar refractivity (Wildman–Crippen MR) is 106 cm³/mol. The minimum Gasteiger partial charge on any atom is -0.377 e. The summed E-state index contributed by atoms with van der Waals surface area (Å²) in [6, 6.07) is 0.660. The molecule has 7 heteroatoms. The van der Waals surface area contributed by atoms with Gasteiger partial charge in [0.15, 0.2) is 5.96 Å². The molecule has 6 nitrogen and oxygen atoms in total. The minimum absolute atomic E-state index is 0. The first kappa shape index (κ1) is 19.8. The number of carbonyl (C=O) groups excluding carboxylic acids is 1.